The molecule has 0 unspecified atom stereocenters. The minimum Gasteiger partial charge on any atom is -0.507 e. The summed E-state index contributed by atoms with van der Waals surface area (Å²) < 4.78 is 7.17. The van der Waals surface area contributed by atoms with E-state index in [0.717, 1.165) is 14.5 Å². The molecule has 7 heteroatoms. The van der Waals surface area contributed by atoms with E-state index in [-0.39, 0.29) is 12.4 Å². The molecule has 0 atom stereocenters. The van der Waals surface area contributed by atoms with Gasteiger partial charge in [-0.05, 0) is 48.9 Å². The summed E-state index contributed by atoms with van der Waals surface area (Å²) >= 11 is 6.69. The molecule has 2 aromatic carbocycles. The molecule has 0 radical (unpaired) electrons. The summed E-state index contributed by atoms with van der Waals surface area (Å²) in [6.45, 7) is 1.79. The number of hydrogen-bond acceptors (Lipinski definition) is 4. The molecule has 0 saturated carbocycles. The fourth-order valence-corrected chi connectivity index (χ4v) is 2.32. The van der Waals surface area contributed by atoms with E-state index in [4.69, 9.17) is 4.74 Å². The molecule has 0 aliphatic heterocycles. The molecular formula is C16H14Br2N2O3. The predicted molar refractivity (Wildman–Crippen MR) is 95.9 cm³/mol. The minimum absolute atomic E-state index is 0.0767. The average Bonchev–Trinajstić information content (AvgIpc) is 2.52. The van der Waals surface area contributed by atoms with Crippen molar-refractivity contribution in [3.05, 3.63) is 56.5 Å². The zero-order chi connectivity index (χ0) is 16.8. The van der Waals surface area contributed by atoms with Crippen LogP contribution in [-0.4, -0.2) is 23.8 Å². The van der Waals surface area contributed by atoms with Crippen LogP contribution in [0.15, 0.2) is 50.4 Å². The summed E-state index contributed by atoms with van der Waals surface area (Å²) in [5, 5.41) is 13.4. The highest BCUT2D eigenvalue weighted by Crippen LogP contribution is 2.21. The largest absolute Gasteiger partial charge is 0.507 e. The Labute approximate surface area is 150 Å². The molecule has 2 rings (SSSR count). The van der Waals surface area contributed by atoms with Crippen LogP contribution in [0.5, 0.6) is 11.5 Å². The highest BCUT2D eigenvalue weighted by atomic mass is 79.9. The van der Waals surface area contributed by atoms with Gasteiger partial charge in [0.05, 0.1) is 6.21 Å². The number of aryl methyl sites for hydroxylation is 1. The summed E-state index contributed by atoms with van der Waals surface area (Å²) in [6, 6.07) is 10.4. The minimum atomic E-state index is -0.392. The van der Waals surface area contributed by atoms with Gasteiger partial charge in [-0.2, -0.15) is 5.10 Å². The highest BCUT2D eigenvalue weighted by Gasteiger charge is 2.03. The Hall–Kier alpha value is -1.86. The summed E-state index contributed by atoms with van der Waals surface area (Å²) in [5.74, 6) is 0.290. The number of hydrogen-bond donors (Lipinski definition) is 2. The maximum absolute atomic E-state index is 11.7. The van der Waals surface area contributed by atoms with Crippen LogP contribution in [0.3, 0.4) is 0 Å². The number of carbonyl (C=O) groups is 1. The lowest BCUT2D eigenvalue weighted by Crippen LogP contribution is -2.24. The van der Waals surface area contributed by atoms with E-state index in [2.05, 4.69) is 42.4 Å². The number of nitrogens with one attached hydrogen (secondary N) is 1. The first kappa shape index (κ1) is 17.5. The first-order valence-corrected chi connectivity index (χ1v) is 8.23. The van der Waals surface area contributed by atoms with Gasteiger partial charge in [0.15, 0.2) is 6.61 Å². The highest BCUT2D eigenvalue weighted by molar-refractivity contribution is 9.10. The van der Waals surface area contributed by atoms with Gasteiger partial charge in [0, 0.05) is 14.5 Å². The van der Waals surface area contributed by atoms with Gasteiger partial charge in [0.1, 0.15) is 11.5 Å². The third-order valence-electron chi connectivity index (χ3n) is 2.88. The van der Waals surface area contributed by atoms with Gasteiger partial charge in [0.25, 0.3) is 5.91 Å². The summed E-state index contributed by atoms with van der Waals surface area (Å²) in [4.78, 5) is 11.7. The predicted octanol–water partition coefficient (Wildman–Crippen LogP) is 3.75. The fraction of sp³-hybridized carbons (Fsp3) is 0.125. The number of carbonyl (C=O) groups excluding carboxylic acids is 1. The SMILES string of the molecule is Cc1cc(OCC(=O)NN=Cc2cc(Br)ccc2O)ccc1Br. The number of rotatable bonds is 5. The van der Waals surface area contributed by atoms with Gasteiger partial charge in [-0.25, -0.2) is 5.43 Å². The number of nitrogens with zero attached hydrogens (tertiary/aromatic N) is 1. The molecule has 0 saturated heterocycles. The second kappa shape index (κ2) is 8.12. The molecule has 1 amide bonds. The molecule has 23 heavy (non-hydrogen) atoms. The van der Waals surface area contributed by atoms with Crippen molar-refractivity contribution in [3.8, 4) is 11.5 Å². The molecule has 2 aromatic rings. The van der Waals surface area contributed by atoms with Crippen molar-refractivity contribution in [2.24, 2.45) is 5.10 Å². The molecule has 5 nitrogen and oxygen atoms in total. The Balaban J connectivity index is 1.86. The van der Waals surface area contributed by atoms with Gasteiger partial charge in [0.2, 0.25) is 0 Å². The van der Waals surface area contributed by atoms with Gasteiger partial charge in [-0.3, -0.25) is 4.79 Å². The van der Waals surface area contributed by atoms with Crippen LogP contribution in [0.25, 0.3) is 0 Å². The van der Waals surface area contributed by atoms with Crippen LogP contribution in [0.2, 0.25) is 0 Å². The number of ether oxygens (including phenoxy) is 1. The number of benzene rings is 2. The lowest BCUT2D eigenvalue weighted by Gasteiger charge is -2.06. The molecule has 0 aromatic heterocycles. The average molecular weight is 442 g/mol. The first-order chi connectivity index (χ1) is 11.0. The number of aromatic hydroxyl groups is 1. The zero-order valence-corrected chi connectivity index (χ0v) is 15.4. The molecule has 120 valence electrons. The smallest absolute Gasteiger partial charge is 0.277 e. The molecule has 0 bridgehead atoms. The molecule has 0 aliphatic rings. The first-order valence-electron chi connectivity index (χ1n) is 6.65. The topological polar surface area (TPSA) is 70.9 Å². The van der Waals surface area contributed by atoms with E-state index >= 15 is 0 Å². The van der Waals surface area contributed by atoms with Crippen molar-refractivity contribution in [1.82, 2.24) is 5.43 Å². The number of halogens is 2. The Bertz CT molecular complexity index is 748. The van der Waals surface area contributed by atoms with E-state index in [1.54, 1.807) is 18.2 Å². The van der Waals surface area contributed by atoms with Crippen LogP contribution in [0.4, 0.5) is 0 Å². The maximum atomic E-state index is 11.7. The van der Waals surface area contributed by atoms with Crippen molar-refractivity contribution in [2.45, 2.75) is 6.92 Å². The Morgan fingerprint density at radius 2 is 2.09 bits per heavy atom. The second-order valence-corrected chi connectivity index (χ2v) is 6.47. The van der Waals surface area contributed by atoms with Crippen molar-refractivity contribution < 1.29 is 14.6 Å². The van der Waals surface area contributed by atoms with Crippen molar-refractivity contribution in [1.29, 1.82) is 0 Å². The van der Waals surface area contributed by atoms with Crippen LogP contribution >= 0.6 is 31.9 Å². The number of amides is 1. The Kier molecular flexibility index (Phi) is 6.18. The van der Waals surface area contributed by atoms with Crippen molar-refractivity contribution in [2.75, 3.05) is 6.61 Å². The van der Waals surface area contributed by atoms with Crippen LogP contribution in [0, 0.1) is 6.92 Å². The molecule has 0 aliphatic carbocycles. The van der Waals surface area contributed by atoms with Crippen molar-refractivity contribution in [3.63, 3.8) is 0 Å². The number of hydrazone groups is 1. The van der Waals surface area contributed by atoms with Gasteiger partial charge in [-0.1, -0.05) is 31.9 Å². The van der Waals surface area contributed by atoms with Crippen LogP contribution in [0.1, 0.15) is 11.1 Å². The van der Waals surface area contributed by atoms with E-state index in [1.165, 1.54) is 12.3 Å². The molecule has 0 spiro atoms. The summed E-state index contributed by atoms with van der Waals surface area (Å²) in [5.41, 5.74) is 3.85. The normalized spacial score (nSPS) is 10.7. The van der Waals surface area contributed by atoms with Crippen molar-refractivity contribution >= 4 is 44.0 Å². The molecule has 0 fully saturated rings. The quantitative estimate of drug-likeness (QED) is 0.548. The lowest BCUT2D eigenvalue weighted by atomic mass is 10.2. The fourth-order valence-electron chi connectivity index (χ4n) is 1.69. The summed E-state index contributed by atoms with van der Waals surface area (Å²) in [6.07, 6.45) is 1.36. The van der Waals surface area contributed by atoms with E-state index in [1.807, 2.05) is 19.1 Å². The number of phenols is 1. The third-order valence-corrected chi connectivity index (χ3v) is 4.26. The van der Waals surface area contributed by atoms with E-state index < -0.39 is 5.91 Å². The van der Waals surface area contributed by atoms with E-state index in [0.29, 0.717) is 11.3 Å². The van der Waals surface area contributed by atoms with Crippen LogP contribution < -0.4 is 10.2 Å². The van der Waals surface area contributed by atoms with E-state index in [9.17, 15) is 9.90 Å². The Morgan fingerprint density at radius 3 is 2.83 bits per heavy atom. The molecule has 0 heterocycles. The standard InChI is InChI=1S/C16H14Br2N2O3/c1-10-6-13(3-4-14(10)18)23-9-16(22)20-19-8-11-7-12(17)2-5-15(11)21/h2-8,21H,9H2,1H3,(H,20,22). The number of phenolic OH excluding ortho intramolecular Hbond substituents is 1. The third kappa shape index (κ3) is 5.37. The maximum Gasteiger partial charge on any atom is 0.277 e. The van der Waals surface area contributed by atoms with Crippen LogP contribution in [-0.2, 0) is 4.79 Å². The lowest BCUT2D eigenvalue weighted by molar-refractivity contribution is -0.123. The van der Waals surface area contributed by atoms with Gasteiger partial charge < -0.3 is 9.84 Å². The van der Waals surface area contributed by atoms with Gasteiger partial charge >= 0.3 is 0 Å². The summed E-state index contributed by atoms with van der Waals surface area (Å²) in [7, 11) is 0. The Morgan fingerprint density at radius 1 is 1.30 bits per heavy atom. The monoisotopic (exact) mass is 440 g/mol. The van der Waals surface area contributed by atoms with Gasteiger partial charge in [-0.15, -0.1) is 0 Å². The zero-order valence-electron chi connectivity index (χ0n) is 12.2. The second-order valence-electron chi connectivity index (χ2n) is 4.70. The molecule has 2 N–H and O–H groups in total. The molecular weight excluding hydrogens is 428 g/mol.